The van der Waals surface area contributed by atoms with Gasteiger partial charge in [0.1, 0.15) is 5.52 Å². The molecule has 0 aliphatic rings. The lowest BCUT2D eigenvalue weighted by Gasteiger charge is -2.08. The van der Waals surface area contributed by atoms with E-state index in [1.54, 1.807) is 0 Å². The minimum Gasteiger partial charge on any atom is -0.494 e. The number of halogens is 2. The maximum absolute atomic E-state index is 14.5. The molecule has 0 aromatic carbocycles. The minimum absolute atomic E-state index is 0.0606. The van der Waals surface area contributed by atoms with Crippen molar-refractivity contribution in [3.05, 3.63) is 66.0 Å². The number of methoxy groups -OCH3 is 1. The van der Waals surface area contributed by atoms with Crippen molar-refractivity contribution < 1.29 is 23.4 Å². The van der Waals surface area contributed by atoms with Crippen LogP contribution in [0.15, 0.2) is 49.0 Å². The van der Waals surface area contributed by atoms with Crippen molar-refractivity contribution in [2.75, 3.05) is 7.11 Å². The molecular weight excluding hydrogens is 294 g/mol. The lowest BCUT2D eigenvalue weighted by atomic mass is 10.1. The van der Waals surface area contributed by atoms with Gasteiger partial charge in [-0.2, -0.15) is 5.10 Å². The third-order valence-corrected chi connectivity index (χ3v) is 2.90. The maximum Gasteiger partial charge on any atom is 0.336 e. The molecule has 114 valence electrons. The van der Waals surface area contributed by atoms with Crippen LogP contribution in [0.2, 0.25) is 0 Å². The van der Waals surface area contributed by atoms with Crippen molar-refractivity contribution in [1.82, 2.24) is 9.61 Å². The van der Waals surface area contributed by atoms with E-state index in [2.05, 4.69) is 11.7 Å². The predicted octanol–water partition coefficient (Wildman–Crippen LogP) is 3.20. The number of allylic oxidation sites excluding steroid dienone is 3. The van der Waals surface area contributed by atoms with Crippen LogP contribution in [0.1, 0.15) is 15.9 Å². The van der Waals surface area contributed by atoms with Gasteiger partial charge in [-0.1, -0.05) is 18.7 Å². The summed E-state index contributed by atoms with van der Waals surface area (Å²) in [6, 6.07) is 1.02. The van der Waals surface area contributed by atoms with E-state index in [4.69, 9.17) is 4.74 Å². The van der Waals surface area contributed by atoms with Crippen molar-refractivity contribution in [1.29, 1.82) is 0 Å². The first-order valence-electron chi connectivity index (χ1n) is 6.13. The van der Waals surface area contributed by atoms with E-state index in [9.17, 15) is 18.7 Å². The summed E-state index contributed by atoms with van der Waals surface area (Å²) in [6.07, 6.45) is 6.16. The van der Waals surface area contributed by atoms with Gasteiger partial charge in [0.25, 0.3) is 0 Å². The van der Waals surface area contributed by atoms with E-state index in [0.29, 0.717) is 0 Å². The van der Waals surface area contributed by atoms with Crippen LogP contribution in [-0.2, 0) is 4.74 Å². The second-order valence-electron chi connectivity index (χ2n) is 4.21. The zero-order valence-electron chi connectivity index (χ0n) is 11.6. The first kappa shape index (κ1) is 15.4. The number of carboxylic acid groups (broad SMARTS) is 1. The number of aromatic carboxylic acids is 1. The van der Waals surface area contributed by atoms with Crippen molar-refractivity contribution in [3.63, 3.8) is 0 Å². The summed E-state index contributed by atoms with van der Waals surface area (Å²) in [6.45, 7) is 3.45. The molecule has 1 N–H and O–H groups in total. The van der Waals surface area contributed by atoms with Gasteiger partial charge in [-0.3, -0.25) is 0 Å². The smallest absolute Gasteiger partial charge is 0.336 e. The molecule has 7 heteroatoms. The summed E-state index contributed by atoms with van der Waals surface area (Å²) in [5.74, 6) is -3.18. The predicted molar refractivity (Wildman–Crippen MR) is 76.5 cm³/mol. The second-order valence-corrected chi connectivity index (χ2v) is 4.21. The van der Waals surface area contributed by atoms with Crippen molar-refractivity contribution in [2.45, 2.75) is 0 Å². The van der Waals surface area contributed by atoms with E-state index in [-0.39, 0.29) is 16.8 Å². The molecule has 0 radical (unpaired) electrons. The van der Waals surface area contributed by atoms with Crippen LogP contribution in [0, 0.1) is 5.82 Å². The molecule has 0 spiro atoms. The molecule has 2 rings (SSSR count). The average molecular weight is 306 g/mol. The van der Waals surface area contributed by atoms with Crippen molar-refractivity contribution in [3.8, 4) is 0 Å². The number of hydrogen-bond donors (Lipinski definition) is 1. The molecule has 2 aromatic heterocycles. The number of aromatic nitrogens is 2. The van der Waals surface area contributed by atoms with Gasteiger partial charge in [-0.05, 0) is 12.1 Å². The number of ether oxygens (including phenoxy) is 1. The number of carboxylic acids is 1. The Bertz CT molecular complexity index is 806. The molecule has 0 atom stereocenters. The van der Waals surface area contributed by atoms with E-state index in [0.717, 1.165) is 23.0 Å². The van der Waals surface area contributed by atoms with Crippen LogP contribution in [0.5, 0.6) is 0 Å². The summed E-state index contributed by atoms with van der Waals surface area (Å²) in [5, 5.41) is 12.9. The third kappa shape index (κ3) is 2.73. The van der Waals surface area contributed by atoms with E-state index in [1.807, 2.05) is 0 Å². The third-order valence-electron chi connectivity index (χ3n) is 2.90. The van der Waals surface area contributed by atoms with E-state index < -0.39 is 23.2 Å². The Morgan fingerprint density at radius 1 is 1.50 bits per heavy atom. The molecular formula is C15H12F2N2O3. The van der Waals surface area contributed by atoms with Crippen LogP contribution in [0.3, 0.4) is 0 Å². The molecule has 5 nitrogen and oxygen atoms in total. The van der Waals surface area contributed by atoms with Gasteiger partial charge in [0.15, 0.2) is 17.4 Å². The normalized spacial score (nSPS) is 12.5. The lowest BCUT2D eigenvalue weighted by Crippen LogP contribution is -2.05. The highest BCUT2D eigenvalue weighted by Crippen LogP contribution is 2.27. The molecule has 0 amide bonds. The zero-order chi connectivity index (χ0) is 16.3. The summed E-state index contributed by atoms with van der Waals surface area (Å²) in [5.41, 5.74) is -0.728. The highest BCUT2D eigenvalue weighted by Gasteiger charge is 2.20. The molecule has 0 fully saturated rings. The molecule has 22 heavy (non-hydrogen) atoms. The van der Waals surface area contributed by atoms with Crippen LogP contribution >= 0.6 is 0 Å². The SMILES string of the molecule is C=C/C=C\C(OC)=C(/F)c1cn2ncc(F)c2cc1C(=O)O. The van der Waals surface area contributed by atoms with Crippen molar-refractivity contribution in [2.24, 2.45) is 0 Å². The fourth-order valence-corrected chi connectivity index (χ4v) is 1.87. The first-order chi connectivity index (χ1) is 10.5. The monoisotopic (exact) mass is 306 g/mol. The van der Waals surface area contributed by atoms with Crippen LogP contribution < -0.4 is 0 Å². The quantitative estimate of drug-likeness (QED) is 0.680. The Balaban J connectivity index is 2.74. The van der Waals surface area contributed by atoms with Crippen LogP contribution in [0.4, 0.5) is 8.78 Å². The van der Waals surface area contributed by atoms with Crippen LogP contribution in [0.25, 0.3) is 11.3 Å². The fraction of sp³-hybridized carbons (Fsp3) is 0.0667. The van der Waals surface area contributed by atoms with E-state index >= 15 is 0 Å². The summed E-state index contributed by atoms with van der Waals surface area (Å²) in [4.78, 5) is 11.3. The number of pyridine rings is 1. The number of nitrogens with zero attached hydrogens (tertiary/aromatic N) is 2. The van der Waals surface area contributed by atoms with Gasteiger partial charge in [-0.15, -0.1) is 0 Å². The second kappa shape index (κ2) is 6.21. The fourth-order valence-electron chi connectivity index (χ4n) is 1.87. The minimum atomic E-state index is -1.39. The Hall–Kier alpha value is -2.96. The molecule has 0 aliphatic carbocycles. The zero-order valence-corrected chi connectivity index (χ0v) is 11.6. The average Bonchev–Trinajstić information content (AvgIpc) is 2.87. The Labute approximate surface area is 124 Å². The number of carbonyl (C=O) groups is 1. The lowest BCUT2D eigenvalue weighted by molar-refractivity contribution is 0.0696. The molecule has 0 saturated heterocycles. The van der Waals surface area contributed by atoms with Gasteiger partial charge in [0, 0.05) is 11.8 Å². The molecule has 0 saturated carbocycles. The standard InChI is InChI=1S/C15H12F2N2O3/c1-3-4-5-13(22-2)14(17)10-8-19-12(11(16)7-18-19)6-9(10)15(20)21/h3-8H,1H2,2H3,(H,20,21)/b5-4-,14-13+. The number of fused-ring (bicyclic) bond motifs is 1. The van der Waals surface area contributed by atoms with E-state index in [1.165, 1.54) is 25.3 Å². The molecule has 2 heterocycles. The van der Waals surface area contributed by atoms with Gasteiger partial charge in [0.2, 0.25) is 0 Å². The van der Waals surface area contributed by atoms with Crippen LogP contribution in [-0.4, -0.2) is 27.8 Å². The van der Waals surface area contributed by atoms with Crippen molar-refractivity contribution >= 4 is 17.3 Å². The van der Waals surface area contributed by atoms with Gasteiger partial charge < -0.3 is 9.84 Å². The van der Waals surface area contributed by atoms with Gasteiger partial charge >= 0.3 is 5.97 Å². The number of hydrogen-bond acceptors (Lipinski definition) is 3. The van der Waals surface area contributed by atoms with Gasteiger partial charge in [0.05, 0.1) is 18.9 Å². The number of rotatable bonds is 5. The highest BCUT2D eigenvalue weighted by atomic mass is 19.1. The highest BCUT2D eigenvalue weighted by molar-refractivity contribution is 5.94. The summed E-state index contributed by atoms with van der Waals surface area (Å²) < 4.78 is 34.0. The largest absolute Gasteiger partial charge is 0.494 e. The molecule has 0 unspecified atom stereocenters. The Kier molecular flexibility index (Phi) is 4.36. The summed E-state index contributed by atoms with van der Waals surface area (Å²) in [7, 11) is 1.24. The first-order valence-corrected chi connectivity index (χ1v) is 6.13. The molecule has 0 bridgehead atoms. The maximum atomic E-state index is 14.5. The Morgan fingerprint density at radius 3 is 2.82 bits per heavy atom. The Morgan fingerprint density at radius 2 is 2.23 bits per heavy atom. The topological polar surface area (TPSA) is 63.8 Å². The summed E-state index contributed by atoms with van der Waals surface area (Å²) >= 11 is 0. The van der Waals surface area contributed by atoms with Gasteiger partial charge in [-0.25, -0.2) is 18.1 Å². The molecule has 0 aliphatic heterocycles. The molecule has 2 aromatic rings.